The molecule has 10 heteroatoms. The Bertz CT molecular complexity index is 1520. The zero-order chi connectivity index (χ0) is 27.6. The number of nitrogens with zero attached hydrogens (tertiary/aromatic N) is 6. The lowest BCUT2D eigenvalue weighted by Crippen LogP contribution is -2.55. The lowest BCUT2D eigenvalue weighted by Gasteiger charge is -2.51. The van der Waals surface area contributed by atoms with Crippen LogP contribution in [0.15, 0.2) is 73.6 Å². The number of hydrogen-bond donors (Lipinski definition) is 0. The lowest BCUT2D eigenvalue weighted by molar-refractivity contribution is -0.384. The number of aromatic nitrogens is 4. The fourth-order valence-electron chi connectivity index (χ4n) is 6.19. The van der Waals surface area contributed by atoms with E-state index in [0.29, 0.717) is 25.0 Å². The largest absolute Gasteiger partial charge is 0.497 e. The quantitative estimate of drug-likeness (QED) is 0.158. The van der Waals surface area contributed by atoms with Crippen LogP contribution in [0.1, 0.15) is 35.8 Å². The molecule has 0 saturated carbocycles. The number of nitro benzene ring substituents is 1. The van der Waals surface area contributed by atoms with Crippen LogP contribution in [0, 0.1) is 22.0 Å². The first-order valence-corrected chi connectivity index (χ1v) is 13.6. The lowest BCUT2D eigenvalue weighted by atomic mass is 9.73. The van der Waals surface area contributed by atoms with E-state index in [-0.39, 0.29) is 17.8 Å². The fraction of sp³-hybridized carbons (Fsp3) is 0.367. The number of rotatable bonds is 10. The van der Waals surface area contributed by atoms with E-state index in [9.17, 15) is 10.1 Å². The molecular formula is C30H32N6O4. The van der Waals surface area contributed by atoms with Gasteiger partial charge in [0.2, 0.25) is 0 Å². The minimum Gasteiger partial charge on any atom is -0.497 e. The molecule has 5 heterocycles. The van der Waals surface area contributed by atoms with Crippen LogP contribution in [0.3, 0.4) is 0 Å². The zero-order valence-corrected chi connectivity index (χ0v) is 22.4. The molecule has 0 aliphatic carbocycles. The standard InChI is InChI=1S/C30H32N6O4/c1-3-21-17-34-13-11-22(21)14-29(34)30(26-10-12-31-28-9-8-25(39-2)15-27(26)28)40-19-23-18-35(33-32-23)16-20-4-6-24(7-5-20)36(37)38/h3-10,12,15,18,21-22,29-30H,1,11,13-14,16-17,19H2,2H3/t21-,22-,29+,30+/m0/s1. The summed E-state index contributed by atoms with van der Waals surface area (Å²) in [5.74, 6) is 1.90. The van der Waals surface area contributed by atoms with Crippen LogP contribution in [0.25, 0.3) is 10.9 Å². The van der Waals surface area contributed by atoms with Crippen molar-refractivity contribution in [2.24, 2.45) is 11.8 Å². The third-order valence-electron chi connectivity index (χ3n) is 8.28. The van der Waals surface area contributed by atoms with Crippen LogP contribution >= 0.6 is 0 Å². The highest BCUT2D eigenvalue weighted by Crippen LogP contribution is 2.44. The number of methoxy groups -OCH3 is 1. The topological polar surface area (TPSA) is 108 Å². The molecule has 0 spiro atoms. The van der Waals surface area contributed by atoms with Crippen molar-refractivity contribution in [1.82, 2.24) is 24.9 Å². The van der Waals surface area contributed by atoms with Gasteiger partial charge in [-0.15, -0.1) is 11.7 Å². The average Bonchev–Trinajstić information content (AvgIpc) is 3.44. The smallest absolute Gasteiger partial charge is 0.269 e. The monoisotopic (exact) mass is 540 g/mol. The third-order valence-corrected chi connectivity index (χ3v) is 8.28. The fourth-order valence-corrected chi connectivity index (χ4v) is 6.19. The second-order valence-corrected chi connectivity index (χ2v) is 10.6. The molecule has 0 N–H and O–H groups in total. The minimum absolute atomic E-state index is 0.0651. The molecule has 3 fully saturated rings. The summed E-state index contributed by atoms with van der Waals surface area (Å²) in [6, 6.07) is 14.7. The first-order chi connectivity index (χ1) is 19.5. The van der Waals surface area contributed by atoms with Gasteiger partial charge < -0.3 is 9.47 Å². The molecule has 2 aromatic carbocycles. The molecule has 3 saturated heterocycles. The van der Waals surface area contributed by atoms with E-state index in [0.717, 1.165) is 53.0 Å². The summed E-state index contributed by atoms with van der Waals surface area (Å²) in [6.45, 7) is 6.90. The zero-order valence-electron chi connectivity index (χ0n) is 22.4. The van der Waals surface area contributed by atoms with Gasteiger partial charge >= 0.3 is 0 Å². The molecular weight excluding hydrogens is 508 g/mol. The van der Waals surface area contributed by atoms with Gasteiger partial charge in [-0.25, -0.2) is 4.68 Å². The molecule has 2 aromatic heterocycles. The van der Waals surface area contributed by atoms with Gasteiger partial charge in [-0.1, -0.05) is 23.4 Å². The van der Waals surface area contributed by atoms with Crippen molar-refractivity contribution in [1.29, 1.82) is 0 Å². The minimum atomic E-state index is -0.403. The van der Waals surface area contributed by atoms with E-state index < -0.39 is 4.92 Å². The van der Waals surface area contributed by atoms with Crippen LogP contribution < -0.4 is 4.74 Å². The third kappa shape index (κ3) is 5.20. The molecule has 0 amide bonds. The van der Waals surface area contributed by atoms with Crippen molar-refractivity contribution in [2.75, 3.05) is 20.2 Å². The summed E-state index contributed by atoms with van der Waals surface area (Å²) in [6.07, 6.45) is 7.87. The molecule has 1 unspecified atom stereocenters. The van der Waals surface area contributed by atoms with Crippen LogP contribution in [-0.2, 0) is 17.9 Å². The first-order valence-electron chi connectivity index (χ1n) is 13.6. The summed E-state index contributed by atoms with van der Waals surface area (Å²) in [5.41, 5.74) is 3.69. The van der Waals surface area contributed by atoms with Crippen molar-refractivity contribution < 1.29 is 14.4 Å². The van der Waals surface area contributed by atoms with E-state index in [1.165, 1.54) is 18.6 Å². The van der Waals surface area contributed by atoms with Gasteiger partial charge in [0.05, 0.1) is 43.0 Å². The van der Waals surface area contributed by atoms with Gasteiger partial charge in [-0.05, 0) is 66.6 Å². The van der Waals surface area contributed by atoms with E-state index in [2.05, 4.69) is 38.9 Å². The number of benzene rings is 2. The number of ether oxygens (including phenoxy) is 2. The van der Waals surface area contributed by atoms with E-state index in [1.54, 1.807) is 23.9 Å². The van der Waals surface area contributed by atoms with Crippen molar-refractivity contribution in [3.05, 3.63) is 101 Å². The highest BCUT2D eigenvalue weighted by Gasteiger charge is 2.43. The van der Waals surface area contributed by atoms with Crippen LogP contribution in [-0.4, -0.2) is 56.0 Å². The molecule has 0 radical (unpaired) electrons. The molecule has 5 atom stereocenters. The van der Waals surface area contributed by atoms with Gasteiger partial charge in [0, 0.05) is 36.3 Å². The molecule has 3 aliphatic heterocycles. The number of non-ortho nitro benzene ring substituents is 1. The number of pyridine rings is 1. The van der Waals surface area contributed by atoms with Crippen LogP contribution in [0.5, 0.6) is 5.75 Å². The maximum absolute atomic E-state index is 10.9. The maximum atomic E-state index is 10.9. The van der Waals surface area contributed by atoms with Gasteiger partial charge in [0.25, 0.3) is 5.69 Å². The predicted octanol–water partition coefficient (Wildman–Crippen LogP) is 4.95. The molecule has 2 bridgehead atoms. The Morgan fingerprint density at radius 3 is 2.80 bits per heavy atom. The van der Waals surface area contributed by atoms with Crippen molar-refractivity contribution in [2.45, 2.75) is 38.1 Å². The molecule has 206 valence electrons. The number of piperidine rings is 3. The Morgan fingerprint density at radius 1 is 1.23 bits per heavy atom. The SMILES string of the molecule is C=C[C@H]1CN2CC[C@H]1C[C@@H]2[C@H](OCc1cn(Cc2ccc([N+](=O)[O-])cc2)nn1)c1ccnc2ccc(OC)cc12. The van der Waals surface area contributed by atoms with Crippen molar-refractivity contribution in [3.8, 4) is 5.75 Å². The van der Waals surface area contributed by atoms with Crippen molar-refractivity contribution >= 4 is 16.6 Å². The van der Waals surface area contributed by atoms with E-state index in [1.807, 2.05) is 30.6 Å². The van der Waals surface area contributed by atoms with Gasteiger partial charge in [-0.2, -0.15) is 0 Å². The van der Waals surface area contributed by atoms with Crippen LogP contribution in [0.4, 0.5) is 5.69 Å². The maximum Gasteiger partial charge on any atom is 0.269 e. The van der Waals surface area contributed by atoms with Gasteiger partial charge in [0.1, 0.15) is 11.4 Å². The van der Waals surface area contributed by atoms with Gasteiger partial charge in [-0.3, -0.25) is 20.0 Å². The summed E-state index contributed by atoms with van der Waals surface area (Å²) >= 11 is 0. The molecule has 40 heavy (non-hydrogen) atoms. The van der Waals surface area contributed by atoms with Crippen LogP contribution in [0.2, 0.25) is 0 Å². The summed E-state index contributed by atoms with van der Waals surface area (Å²) in [7, 11) is 1.67. The second-order valence-electron chi connectivity index (χ2n) is 10.6. The summed E-state index contributed by atoms with van der Waals surface area (Å²) in [5, 5.41) is 20.6. The Hall–Kier alpha value is -4.15. The predicted molar refractivity (Wildman–Crippen MR) is 150 cm³/mol. The number of nitro groups is 1. The number of fused-ring (bicyclic) bond motifs is 4. The highest BCUT2D eigenvalue weighted by molar-refractivity contribution is 5.84. The normalized spacial score (nSPS) is 22.7. The summed E-state index contributed by atoms with van der Waals surface area (Å²) < 4.78 is 14.0. The molecule has 7 rings (SSSR count). The average molecular weight is 541 g/mol. The molecule has 10 nitrogen and oxygen atoms in total. The Balaban J connectivity index is 1.25. The Morgan fingerprint density at radius 2 is 2.08 bits per heavy atom. The van der Waals surface area contributed by atoms with E-state index >= 15 is 0 Å². The van der Waals surface area contributed by atoms with E-state index in [4.69, 9.17) is 9.47 Å². The van der Waals surface area contributed by atoms with Crippen molar-refractivity contribution in [3.63, 3.8) is 0 Å². The molecule has 4 aromatic rings. The highest BCUT2D eigenvalue weighted by atomic mass is 16.6. The first kappa shape index (κ1) is 26.1. The van der Waals surface area contributed by atoms with Gasteiger partial charge in [0.15, 0.2) is 0 Å². The summed E-state index contributed by atoms with van der Waals surface area (Å²) in [4.78, 5) is 17.7. The molecule has 3 aliphatic rings. The second kappa shape index (κ2) is 11.1. The Labute approximate surface area is 232 Å². The Kier molecular flexibility index (Phi) is 7.27. The number of hydrogen-bond acceptors (Lipinski definition) is 8.